The van der Waals surface area contributed by atoms with Gasteiger partial charge in [-0.05, 0) is 62.0 Å². The summed E-state index contributed by atoms with van der Waals surface area (Å²) in [4.78, 5) is 29.4. The van der Waals surface area contributed by atoms with Gasteiger partial charge in [0.05, 0.1) is 0 Å². The minimum Gasteiger partial charge on any atom is -0.330 e. The molecule has 3 aliphatic rings. The van der Waals surface area contributed by atoms with Gasteiger partial charge in [0.1, 0.15) is 12.7 Å². The lowest BCUT2D eigenvalue weighted by Crippen LogP contribution is -2.50. The first kappa shape index (κ1) is 26.6. The van der Waals surface area contributed by atoms with Gasteiger partial charge in [0.15, 0.2) is 0 Å². The molecular formula is C30H42FN3O2. The molecule has 0 spiro atoms. The molecule has 2 aliphatic carbocycles. The molecule has 196 valence electrons. The van der Waals surface area contributed by atoms with Gasteiger partial charge < -0.3 is 16.0 Å². The Hall–Kier alpha value is -2.47. The number of carbonyl (C=O) groups excluding carboxylic acids is 2. The summed E-state index contributed by atoms with van der Waals surface area (Å²) in [5.74, 6) is 0.769. The number of nitrogens with one attached hydrogen (secondary N) is 1. The van der Waals surface area contributed by atoms with Crippen LogP contribution in [0.15, 0.2) is 54.6 Å². The molecule has 4 rings (SSSR count). The number of hydrogen-bond acceptors (Lipinski definition) is 3. The molecule has 0 unspecified atom stereocenters. The zero-order valence-corrected chi connectivity index (χ0v) is 21.4. The Morgan fingerprint density at radius 3 is 2.11 bits per heavy atom. The molecule has 1 aromatic carbocycles. The summed E-state index contributed by atoms with van der Waals surface area (Å²) >= 11 is 0. The summed E-state index contributed by atoms with van der Waals surface area (Å²) in [6.45, 7) is 0.136. The van der Waals surface area contributed by atoms with Crippen molar-refractivity contribution >= 4 is 17.5 Å². The lowest BCUT2D eigenvalue weighted by atomic mass is 9.76. The summed E-state index contributed by atoms with van der Waals surface area (Å²) in [7, 11) is 0. The molecular weight excluding hydrogens is 453 g/mol. The Morgan fingerprint density at radius 2 is 1.50 bits per heavy atom. The highest BCUT2D eigenvalue weighted by molar-refractivity contribution is 5.98. The molecule has 6 heteroatoms. The number of carbonyl (C=O) groups is 2. The van der Waals surface area contributed by atoms with Crippen LogP contribution in [0.3, 0.4) is 0 Å². The van der Waals surface area contributed by atoms with Crippen LogP contribution in [0.4, 0.5) is 10.1 Å². The first-order valence-electron chi connectivity index (χ1n) is 13.9. The number of amides is 2. The largest absolute Gasteiger partial charge is 0.330 e. The molecule has 5 nitrogen and oxygen atoms in total. The van der Waals surface area contributed by atoms with E-state index in [1.807, 2.05) is 59.5 Å². The summed E-state index contributed by atoms with van der Waals surface area (Å²) in [6, 6.07) is 16.4. The van der Waals surface area contributed by atoms with Crippen molar-refractivity contribution in [1.82, 2.24) is 4.90 Å². The first-order valence-corrected chi connectivity index (χ1v) is 13.9. The van der Waals surface area contributed by atoms with Crippen LogP contribution in [0.25, 0.3) is 0 Å². The van der Waals surface area contributed by atoms with Crippen LogP contribution < -0.4 is 11.1 Å². The van der Waals surface area contributed by atoms with E-state index < -0.39 is 18.8 Å². The van der Waals surface area contributed by atoms with Crippen LogP contribution in [0.2, 0.25) is 0 Å². The highest BCUT2D eigenvalue weighted by Crippen LogP contribution is 2.41. The number of hydrogen-bond donors (Lipinski definition) is 2. The maximum absolute atomic E-state index is 13.8. The molecule has 1 saturated heterocycles. The Balaban J connectivity index is 1.52. The number of halogens is 1. The number of likely N-dealkylation sites (tertiary alicyclic amines) is 1. The molecule has 1 heterocycles. The zero-order chi connectivity index (χ0) is 25.3. The van der Waals surface area contributed by atoms with Crippen LogP contribution in [0.1, 0.15) is 64.2 Å². The van der Waals surface area contributed by atoms with E-state index in [9.17, 15) is 14.0 Å². The van der Waals surface area contributed by atoms with E-state index in [0.717, 1.165) is 50.6 Å². The second-order valence-corrected chi connectivity index (χ2v) is 10.9. The van der Waals surface area contributed by atoms with Gasteiger partial charge in [-0.1, -0.05) is 74.6 Å². The third-order valence-electron chi connectivity index (χ3n) is 8.64. The summed E-state index contributed by atoms with van der Waals surface area (Å²) in [5.41, 5.74) is 6.66. The summed E-state index contributed by atoms with van der Waals surface area (Å²) in [5, 5.41) is 3.14. The number of alkyl halides is 1. The third-order valence-corrected chi connectivity index (χ3v) is 8.64. The van der Waals surface area contributed by atoms with E-state index in [0.29, 0.717) is 12.5 Å². The molecule has 0 radical (unpaired) electrons. The van der Waals surface area contributed by atoms with Gasteiger partial charge in [-0.15, -0.1) is 0 Å². The number of nitrogens with two attached hydrogens (primary N) is 1. The fraction of sp³-hybridized carbons (Fsp3) is 0.600. The summed E-state index contributed by atoms with van der Waals surface area (Å²) in [6.07, 6.45) is 9.88. The number of rotatable bonds is 6. The smallest absolute Gasteiger partial charge is 0.247 e. The normalized spacial score (nSPS) is 27.7. The molecule has 1 aromatic rings. The second-order valence-electron chi connectivity index (χ2n) is 10.9. The fourth-order valence-corrected chi connectivity index (χ4v) is 6.60. The first-order chi connectivity index (χ1) is 17.6. The Bertz CT molecular complexity index is 901. The molecule has 3 fully saturated rings. The highest BCUT2D eigenvalue weighted by atomic mass is 19.1. The Kier molecular flexibility index (Phi) is 9.74. The van der Waals surface area contributed by atoms with Crippen LogP contribution >= 0.6 is 0 Å². The average Bonchev–Trinajstić information content (AvgIpc) is 3.37. The van der Waals surface area contributed by atoms with Gasteiger partial charge in [0.2, 0.25) is 11.8 Å². The minimum atomic E-state index is -0.508. The van der Waals surface area contributed by atoms with Crippen LogP contribution in [-0.2, 0) is 9.59 Å². The molecule has 1 aliphatic heterocycles. The number of anilines is 1. The molecule has 2 amide bonds. The maximum Gasteiger partial charge on any atom is 0.247 e. The van der Waals surface area contributed by atoms with E-state index in [1.165, 1.54) is 19.3 Å². The van der Waals surface area contributed by atoms with Crippen molar-refractivity contribution in [1.29, 1.82) is 0 Å². The molecule has 36 heavy (non-hydrogen) atoms. The monoisotopic (exact) mass is 495 g/mol. The fourth-order valence-electron chi connectivity index (χ4n) is 6.60. The summed E-state index contributed by atoms with van der Waals surface area (Å²) < 4.78 is 13.1. The molecule has 2 saturated carbocycles. The van der Waals surface area contributed by atoms with Gasteiger partial charge in [0, 0.05) is 24.2 Å². The van der Waals surface area contributed by atoms with Gasteiger partial charge in [-0.25, -0.2) is 4.39 Å². The van der Waals surface area contributed by atoms with E-state index in [2.05, 4.69) is 5.32 Å². The van der Waals surface area contributed by atoms with Gasteiger partial charge >= 0.3 is 0 Å². The average molecular weight is 496 g/mol. The molecule has 3 N–H and O–H groups in total. The standard InChI is InChI=1S/C30H42FN3O2/c31-21-27(32)23-15-17-24(18-16-23)30(36)34-20-19-26(22-11-7-6-8-12-22)28(34)29(35)33-25-13-9-4-2-1-3-5-10-14-25/h1-5,9-10,13-14,22-24,26-28H,6-8,11-12,15-21,32H2,(H,33,35)/t23?,24?,26-,27+,28-/m0/s1. The van der Waals surface area contributed by atoms with Crippen molar-refractivity contribution in [3.8, 4) is 0 Å². The van der Waals surface area contributed by atoms with Crippen LogP contribution in [-0.4, -0.2) is 42.0 Å². The van der Waals surface area contributed by atoms with E-state index >= 15 is 0 Å². The Morgan fingerprint density at radius 1 is 0.889 bits per heavy atom. The number of nitrogens with zero attached hydrogens (tertiary/aromatic N) is 1. The third kappa shape index (κ3) is 6.64. The van der Waals surface area contributed by atoms with Crippen LogP contribution in [0.5, 0.6) is 0 Å². The van der Waals surface area contributed by atoms with Crippen molar-refractivity contribution in [3.05, 3.63) is 54.6 Å². The van der Waals surface area contributed by atoms with E-state index in [4.69, 9.17) is 5.73 Å². The topological polar surface area (TPSA) is 75.4 Å². The molecule has 0 aromatic heterocycles. The van der Waals surface area contributed by atoms with Crippen LogP contribution in [0, 0.1) is 23.7 Å². The lowest BCUT2D eigenvalue weighted by molar-refractivity contribution is -0.142. The van der Waals surface area contributed by atoms with Crippen molar-refractivity contribution < 1.29 is 14.0 Å². The lowest BCUT2D eigenvalue weighted by Gasteiger charge is -2.36. The van der Waals surface area contributed by atoms with Crippen molar-refractivity contribution in [2.75, 3.05) is 18.5 Å². The zero-order valence-electron chi connectivity index (χ0n) is 21.4. The van der Waals surface area contributed by atoms with Crippen molar-refractivity contribution in [2.45, 2.75) is 76.3 Å². The minimum absolute atomic E-state index is 0.0783. The predicted octanol–water partition coefficient (Wildman–Crippen LogP) is 5.65. The van der Waals surface area contributed by atoms with E-state index in [1.54, 1.807) is 0 Å². The van der Waals surface area contributed by atoms with E-state index in [-0.39, 0.29) is 29.6 Å². The van der Waals surface area contributed by atoms with Gasteiger partial charge in [0.25, 0.3) is 0 Å². The van der Waals surface area contributed by atoms with Gasteiger partial charge in [-0.2, -0.15) is 0 Å². The predicted molar refractivity (Wildman–Crippen MR) is 142 cm³/mol. The Labute approximate surface area is 215 Å². The molecule has 3 atom stereocenters. The van der Waals surface area contributed by atoms with Gasteiger partial charge in [-0.3, -0.25) is 9.59 Å². The maximum atomic E-state index is 13.8. The molecule has 0 bridgehead atoms. The highest BCUT2D eigenvalue weighted by Gasteiger charge is 2.46. The van der Waals surface area contributed by atoms with Crippen molar-refractivity contribution in [2.24, 2.45) is 29.4 Å². The van der Waals surface area contributed by atoms with Crippen molar-refractivity contribution in [3.63, 3.8) is 0 Å². The second kappa shape index (κ2) is 13.2. The SMILES string of the molecule is N[C@H](CF)C1CCC(C(=O)N2CC[C@@H](C3CCCCC3)[C@H]2C(=O)Nc2ccccccccc2)CC1. The quantitative estimate of drug-likeness (QED) is 0.535.